The topological polar surface area (TPSA) is 71.5 Å². The third kappa shape index (κ3) is 4.46. The summed E-state index contributed by atoms with van der Waals surface area (Å²) in [6, 6.07) is 16.0. The highest BCUT2D eigenvalue weighted by Gasteiger charge is 2.08. The maximum atomic E-state index is 12.9. The van der Waals surface area contributed by atoms with Gasteiger partial charge in [0.15, 0.2) is 0 Å². The zero-order valence-electron chi connectivity index (χ0n) is 13.7. The number of anilines is 1. The van der Waals surface area contributed by atoms with E-state index in [1.807, 2.05) is 18.2 Å². The summed E-state index contributed by atoms with van der Waals surface area (Å²) in [5.41, 5.74) is 2.33. The second-order valence-corrected chi connectivity index (χ2v) is 5.46. The zero-order chi connectivity index (χ0) is 18.4. The van der Waals surface area contributed by atoms with Crippen molar-refractivity contribution < 1.29 is 18.9 Å². The molecule has 7 heteroatoms. The quantitative estimate of drug-likeness (QED) is 0.670. The number of halogens is 1. The van der Waals surface area contributed by atoms with Crippen LogP contribution in [0.4, 0.5) is 10.1 Å². The Balaban J connectivity index is 1.61. The maximum Gasteiger partial charge on any atom is 0.327 e. The van der Waals surface area contributed by atoms with Crippen molar-refractivity contribution in [2.75, 3.05) is 5.32 Å². The van der Waals surface area contributed by atoms with Crippen LogP contribution in [0, 0.1) is 5.82 Å². The molecule has 0 bridgehead atoms. The van der Waals surface area contributed by atoms with Gasteiger partial charge >= 0.3 is 7.48 Å². The summed E-state index contributed by atoms with van der Waals surface area (Å²) in [6.07, 6.45) is 1.40. The van der Waals surface area contributed by atoms with Gasteiger partial charge in [0.25, 0.3) is 5.91 Å². The second-order valence-electron chi connectivity index (χ2n) is 5.46. The minimum Gasteiger partial charge on any atom is -0.473 e. The minimum atomic E-state index is -0.369. The first-order valence-corrected chi connectivity index (χ1v) is 7.87. The van der Waals surface area contributed by atoms with Gasteiger partial charge in [-0.05, 0) is 41.4 Å². The normalized spacial score (nSPS) is 10.2. The number of rotatable bonds is 6. The molecule has 129 valence electrons. The Morgan fingerprint density at radius 2 is 1.88 bits per heavy atom. The Morgan fingerprint density at radius 1 is 1.12 bits per heavy atom. The molecule has 2 aromatic carbocycles. The number of ether oxygens (including phenoxy) is 1. The standard InChI is InChI=1S/C19H15BFN2O3/c21-15-6-8-16(9-7-15)23-19(24)13-5-10-18(22-11-13)26-12-14-3-1-2-4-17(14)20-25/h1-11,25H,12H2,(H,23,24). The van der Waals surface area contributed by atoms with Crippen LogP contribution in [0.2, 0.25) is 0 Å². The average molecular weight is 349 g/mol. The molecule has 1 aromatic heterocycles. The molecule has 3 rings (SSSR count). The maximum absolute atomic E-state index is 12.9. The molecule has 1 radical (unpaired) electrons. The second kappa shape index (κ2) is 8.27. The van der Waals surface area contributed by atoms with Gasteiger partial charge in [-0.15, -0.1) is 0 Å². The number of pyridine rings is 1. The number of hydrogen-bond donors (Lipinski definition) is 2. The van der Waals surface area contributed by atoms with Crippen LogP contribution in [-0.4, -0.2) is 23.4 Å². The van der Waals surface area contributed by atoms with Gasteiger partial charge in [-0.1, -0.05) is 24.3 Å². The van der Waals surface area contributed by atoms with E-state index in [0.717, 1.165) is 13.0 Å². The molecule has 0 saturated heterocycles. The van der Waals surface area contributed by atoms with Crippen LogP contribution in [0.1, 0.15) is 15.9 Å². The summed E-state index contributed by atoms with van der Waals surface area (Å²) in [5, 5.41) is 11.8. The molecule has 0 aliphatic rings. The van der Waals surface area contributed by atoms with E-state index in [0.29, 0.717) is 22.6 Å². The van der Waals surface area contributed by atoms with Gasteiger partial charge in [0.1, 0.15) is 12.4 Å². The summed E-state index contributed by atoms with van der Waals surface area (Å²) in [5.74, 6) is -0.363. The van der Waals surface area contributed by atoms with Gasteiger partial charge in [-0.3, -0.25) is 4.79 Å². The number of nitrogens with one attached hydrogen (secondary N) is 1. The van der Waals surface area contributed by atoms with Gasteiger partial charge < -0.3 is 15.1 Å². The zero-order valence-corrected chi connectivity index (χ0v) is 13.7. The van der Waals surface area contributed by atoms with Crippen molar-refractivity contribution in [2.45, 2.75) is 6.61 Å². The lowest BCUT2D eigenvalue weighted by Crippen LogP contribution is -2.20. The van der Waals surface area contributed by atoms with E-state index in [-0.39, 0.29) is 18.3 Å². The number of nitrogens with zero attached hydrogens (tertiary/aromatic N) is 1. The lowest BCUT2D eigenvalue weighted by atomic mass is 9.85. The SMILES string of the molecule is O=C(Nc1ccc(F)cc1)c1ccc(OCc2ccccc2[B]O)nc1. The van der Waals surface area contributed by atoms with E-state index in [9.17, 15) is 14.2 Å². The third-order valence-corrected chi connectivity index (χ3v) is 3.67. The molecule has 1 heterocycles. The molecule has 2 N–H and O–H groups in total. The molecule has 0 atom stereocenters. The highest BCUT2D eigenvalue weighted by molar-refractivity contribution is 6.46. The molecular weight excluding hydrogens is 334 g/mol. The summed E-state index contributed by atoms with van der Waals surface area (Å²) >= 11 is 0. The van der Waals surface area contributed by atoms with Crippen molar-refractivity contribution >= 4 is 24.5 Å². The van der Waals surface area contributed by atoms with Crippen molar-refractivity contribution in [3.8, 4) is 5.88 Å². The summed E-state index contributed by atoms with van der Waals surface area (Å²) in [7, 11) is 1.02. The van der Waals surface area contributed by atoms with Crippen LogP contribution >= 0.6 is 0 Å². The van der Waals surface area contributed by atoms with E-state index >= 15 is 0 Å². The van der Waals surface area contributed by atoms with Crippen molar-refractivity contribution in [1.82, 2.24) is 4.98 Å². The van der Waals surface area contributed by atoms with E-state index in [2.05, 4.69) is 10.3 Å². The Kier molecular flexibility index (Phi) is 5.61. The summed E-state index contributed by atoms with van der Waals surface area (Å²) in [4.78, 5) is 16.3. The van der Waals surface area contributed by atoms with E-state index in [1.54, 1.807) is 18.2 Å². The molecule has 3 aromatic rings. The highest BCUT2D eigenvalue weighted by atomic mass is 19.1. The van der Waals surface area contributed by atoms with Gasteiger partial charge in [0.05, 0.1) is 5.56 Å². The molecule has 0 saturated carbocycles. The third-order valence-electron chi connectivity index (χ3n) is 3.67. The van der Waals surface area contributed by atoms with Crippen LogP contribution < -0.4 is 15.5 Å². The molecule has 0 aliphatic heterocycles. The minimum absolute atomic E-state index is 0.237. The smallest absolute Gasteiger partial charge is 0.327 e. The van der Waals surface area contributed by atoms with Crippen molar-refractivity contribution in [3.63, 3.8) is 0 Å². The molecule has 5 nitrogen and oxygen atoms in total. The number of hydrogen-bond acceptors (Lipinski definition) is 4. The fraction of sp³-hybridized carbons (Fsp3) is 0.0526. The number of carbonyl (C=O) groups excluding carboxylic acids is 1. The molecular formula is C19H15BFN2O3. The molecule has 1 amide bonds. The molecule has 26 heavy (non-hydrogen) atoms. The number of aromatic nitrogens is 1. The largest absolute Gasteiger partial charge is 0.473 e. The van der Waals surface area contributed by atoms with Crippen LogP contribution in [0.25, 0.3) is 0 Å². The Bertz CT molecular complexity index is 886. The van der Waals surface area contributed by atoms with Crippen LogP contribution in [0.3, 0.4) is 0 Å². The lowest BCUT2D eigenvalue weighted by Gasteiger charge is -2.09. The van der Waals surface area contributed by atoms with Crippen LogP contribution in [-0.2, 0) is 6.61 Å². The highest BCUT2D eigenvalue weighted by Crippen LogP contribution is 2.13. The van der Waals surface area contributed by atoms with Gasteiger partial charge in [0.2, 0.25) is 5.88 Å². The fourth-order valence-electron chi connectivity index (χ4n) is 2.28. The van der Waals surface area contributed by atoms with Gasteiger partial charge in [-0.25, -0.2) is 9.37 Å². The Morgan fingerprint density at radius 3 is 2.58 bits per heavy atom. The fourth-order valence-corrected chi connectivity index (χ4v) is 2.28. The van der Waals surface area contributed by atoms with E-state index in [4.69, 9.17) is 4.74 Å². The first-order valence-electron chi connectivity index (χ1n) is 7.87. The first kappa shape index (κ1) is 17.6. The molecule has 0 fully saturated rings. The van der Waals surface area contributed by atoms with Crippen LogP contribution in [0.5, 0.6) is 5.88 Å². The van der Waals surface area contributed by atoms with Gasteiger partial charge in [0, 0.05) is 18.0 Å². The van der Waals surface area contributed by atoms with E-state index in [1.165, 1.54) is 30.5 Å². The lowest BCUT2D eigenvalue weighted by molar-refractivity contribution is 0.102. The Hall–Kier alpha value is -3.19. The summed E-state index contributed by atoms with van der Waals surface area (Å²) < 4.78 is 18.5. The molecule has 0 aliphatic carbocycles. The predicted molar refractivity (Wildman–Crippen MR) is 97.0 cm³/mol. The van der Waals surface area contributed by atoms with Crippen LogP contribution in [0.15, 0.2) is 66.9 Å². The average Bonchev–Trinajstić information content (AvgIpc) is 2.68. The predicted octanol–water partition coefficient (Wildman–Crippen LogP) is 2.29. The number of amides is 1. The van der Waals surface area contributed by atoms with Gasteiger partial charge in [-0.2, -0.15) is 0 Å². The van der Waals surface area contributed by atoms with Crippen molar-refractivity contribution in [2.24, 2.45) is 0 Å². The molecule has 0 spiro atoms. The Labute approximate surface area is 150 Å². The van der Waals surface area contributed by atoms with Crippen molar-refractivity contribution in [3.05, 3.63) is 83.8 Å². The summed E-state index contributed by atoms with van der Waals surface area (Å²) in [6.45, 7) is 0.237. The van der Waals surface area contributed by atoms with Crippen molar-refractivity contribution in [1.29, 1.82) is 0 Å². The van der Waals surface area contributed by atoms with E-state index < -0.39 is 0 Å². The monoisotopic (exact) mass is 349 g/mol. The number of benzene rings is 2. The number of carbonyl (C=O) groups is 1. The first-order chi connectivity index (χ1) is 12.7. The molecule has 0 unspecified atom stereocenters.